The first kappa shape index (κ1) is 24.5. The molecule has 0 aromatic carbocycles. The summed E-state index contributed by atoms with van der Waals surface area (Å²) >= 11 is 0. The zero-order chi connectivity index (χ0) is 17.9. The maximum Gasteiger partial charge on any atom is 0.214 e. The van der Waals surface area contributed by atoms with Gasteiger partial charge in [-0.15, -0.1) is 0 Å². The molecule has 1 rings (SSSR count). The Morgan fingerprint density at radius 2 is 1.65 bits per heavy atom. The van der Waals surface area contributed by atoms with Gasteiger partial charge in [-0.3, -0.25) is 4.79 Å². The van der Waals surface area contributed by atoms with Crippen molar-refractivity contribution in [1.82, 2.24) is 0 Å². The number of aliphatic hydroxyl groups excluding tert-OH is 2. The number of aliphatic hydroxyl groups is 2. The molecule has 0 aromatic heterocycles. The number of primary amides is 1. The molecule has 0 spiro atoms. The number of carbonyl (C=O) groups excluding carboxylic acids is 1. The lowest BCUT2D eigenvalue weighted by Crippen LogP contribution is -2.36. The van der Waals surface area contributed by atoms with Crippen LogP contribution in [0, 0.1) is 0 Å². The van der Waals surface area contributed by atoms with E-state index in [4.69, 9.17) is 24.4 Å². The highest BCUT2D eigenvalue weighted by atomic mass is 16.5. The van der Waals surface area contributed by atoms with E-state index in [-0.39, 0.29) is 18.6 Å². The van der Waals surface area contributed by atoms with Gasteiger partial charge in [-0.05, 0) is 25.7 Å². The van der Waals surface area contributed by atoms with Crippen LogP contribution in [0.3, 0.4) is 0 Å². The SMILES string of the molecule is CC(N)=O.CCCOCCOCCC.OCC1OCCCC1O. The molecule has 4 N–H and O–H groups in total. The molecule has 7 nitrogen and oxygen atoms in total. The Morgan fingerprint density at radius 1 is 1.17 bits per heavy atom. The van der Waals surface area contributed by atoms with Crippen molar-refractivity contribution >= 4 is 5.91 Å². The molecule has 7 heteroatoms. The Labute approximate surface area is 140 Å². The number of hydrogen-bond acceptors (Lipinski definition) is 6. The fourth-order valence-corrected chi connectivity index (χ4v) is 1.61. The van der Waals surface area contributed by atoms with Gasteiger partial charge in [0, 0.05) is 26.7 Å². The first-order valence-electron chi connectivity index (χ1n) is 8.31. The van der Waals surface area contributed by atoms with Crippen molar-refractivity contribution < 1.29 is 29.2 Å². The second kappa shape index (κ2) is 19.3. The molecule has 1 heterocycles. The van der Waals surface area contributed by atoms with Crippen LogP contribution in [0.5, 0.6) is 0 Å². The average molecular weight is 337 g/mol. The summed E-state index contributed by atoms with van der Waals surface area (Å²) in [5.41, 5.74) is 4.47. The van der Waals surface area contributed by atoms with Crippen LogP contribution in [0.2, 0.25) is 0 Å². The van der Waals surface area contributed by atoms with E-state index in [0.717, 1.165) is 52.1 Å². The van der Waals surface area contributed by atoms with Crippen molar-refractivity contribution in [3.05, 3.63) is 0 Å². The molecule has 0 radical (unpaired) electrons. The lowest BCUT2D eigenvalue weighted by atomic mass is 10.1. The Bertz CT molecular complexity index is 241. The van der Waals surface area contributed by atoms with E-state index in [2.05, 4.69) is 19.6 Å². The zero-order valence-electron chi connectivity index (χ0n) is 14.8. The first-order chi connectivity index (χ1) is 11.0. The first-order valence-corrected chi connectivity index (χ1v) is 8.31. The number of ether oxygens (including phenoxy) is 3. The van der Waals surface area contributed by atoms with Crippen LogP contribution in [0.25, 0.3) is 0 Å². The summed E-state index contributed by atoms with van der Waals surface area (Å²) in [6.45, 7) is 9.32. The van der Waals surface area contributed by atoms with Gasteiger partial charge in [-0.2, -0.15) is 0 Å². The molecule has 0 aromatic rings. The van der Waals surface area contributed by atoms with Crippen molar-refractivity contribution in [2.45, 2.75) is 58.7 Å². The number of rotatable bonds is 8. The van der Waals surface area contributed by atoms with Gasteiger partial charge in [-0.25, -0.2) is 0 Å². The van der Waals surface area contributed by atoms with Gasteiger partial charge >= 0.3 is 0 Å². The van der Waals surface area contributed by atoms with E-state index in [1.165, 1.54) is 6.92 Å². The van der Waals surface area contributed by atoms with Gasteiger partial charge in [0.25, 0.3) is 0 Å². The molecule has 0 bridgehead atoms. The summed E-state index contributed by atoms with van der Waals surface area (Å²) in [6, 6.07) is 0. The molecule has 140 valence electrons. The minimum Gasteiger partial charge on any atom is -0.394 e. The minimum atomic E-state index is -0.455. The number of carbonyl (C=O) groups is 1. The summed E-state index contributed by atoms with van der Waals surface area (Å²) in [6.07, 6.45) is 3.05. The summed E-state index contributed by atoms with van der Waals surface area (Å²) in [7, 11) is 0. The van der Waals surface area contributed by atoms with Crippen molar-refractivity contribution in [1.29, 1.82) is 0 Å². The predicted molar refractivity (Wildman–Crippen MR) is 89.2 cm³/mol. The average Bonchev–Trinajstić information content (AvgIpc) is 2.51. The molecule has 1 amide bonds. The van der Waals surface area contributed by atoms with Crippen LogP contribution in [0.4, 0.5) is 0 Å². The third kappa shape index (κ3) is 21.3. The molecular weight excluding hydrogens is 302 g/mol. The fraction of sp³-hybridized carbons (Fsp3) is 0.938. The van der Waals surface area contributed by atoms with Crippen LogP contribution in [0.15, 0.2) is 0 Å². The molecule has 1 saturated heterocycles. The van der Waals surface area contributed by atoms with Crippen LogP contribution >= 0.6 is 0 Å². The second-order valence-electron chi connectivity index (χ2n) is 5.14. The monoisotopic (exact) mass is 337 g/mol. The summed E-state index contributed by atoms with van der Waals surface area (Å²) in [5.74, 6) is -0.333. The molecule has 0 aliphatic carbocycles. The van der Waals surface area contributed by atoms with Crippen molar-refractivity contribution in [3.8, 4) is 0 Å². The van der Waals surface area contributed by atoms with Gasteiger partial charge in [-0.1, -0.05) is 13.8 Å². The van der Waals surface area contributed by atoms with Crippen molar-refractivity contribution in [2.75, 3.05) is 39.6 Å². The number of hydrogen-bond donors (Lipinski definition) is 3. The Morgan fingerprint density at radius 3 is 1.96 bits per heavy atom. The van der Waals surface area contributed by atoms with E-state index in [1.54, 1.807) is 0 Å². The van der Waals surface area contributed by atoms with Crippen LogP contribution in [0.1, 0.15) is 46.5 Å². The third-order valence-electron chi connectivity index (χ3n) is 2.65. The highest BCUT2D eigenvalue weighted by Crippen LogP contribution is 2.12. The normalized spacial score (nSPS) is 19.9. The smallest absolute Gasteiger partial charge is 0.214 e. The Hall–Kier alpha value is -0.730. The zero-order valence-corrected chi connectivity index (χ0v) is 14.8. The number of nitrogens with two attached hydrogens (primary N) is 1. The standard InChI is InChI=1S/C8H18O2.C6H12O3.C2H5NO/c1-3-5-9-7-8-10-6-4-2;7-4-6-5(8)2-1-3-9-6;1-2(3)4/h3-8H2,1-2H3;5-8H,1-4H2;1H3,(H2,3,4). The lowest BCUT2D eigenvalue weighted by molar-refractivity contribution is -0.115. The van der Waals surface area contributed by atoms with Crippen molar-refractivity contribution in [2.24, 2.45) is 5.73 Å². The van der Waals surface area contributed by atoms with Gasteiger partial charge in [0.1, 0.15) is 6.10 Å². The molecule has 1 fully saturated rings. The fourth-order valence-electron chi connectivity index (χ4n) is 1.61. The van der Waals surface area contributed by atoms with E-state index >= 15 is 0 Å². The lowest BCUT2D eigenvalue weighted by Gasteiger charge is -2.25. The van der Waals surface area contributed by atoms with Crippen LogP contribution in [-0.2, 0) is 19.0 Å². The van der Waals surface area contributed by atoms with Crippen LogP contribution < -0.4 is 5.73 Å². The molecule has 1 aliphatic rings. The van der Waals surface area contributed by atoms with Crippen molar-refractivity contribution in [3.63, 3.8) is 0 Å². The van der Waals surface area contributed by atoms with Gasteiger partial charge in [0.05, 0.1) is 25.9 Å². The van der Waals surface area contributed by atoms with Gasteiger partial charge in [0.15, 0.2) is 0 Å². The molecular formula is C16H35NO6. The Kier molecular flexibility index (Phi) is 20.6. The van der Waals surface area contributed by atoms with E-state index in [9.17, 15) is 4.79 Å². The Balaban J connectivity index is 0. The summed E-state index contributed by atoms with van der Waals surface area (Å²) in [4.78, 5) is 9.22. The predicted octanol–water partition coefficient (Wildman–Crippen LogP) is 0.850. The summed E-state index contributed by atoms with van der Waals surface area (Å²) < 4.78 is 15.4. The van der Waals surface area contributed by atoms with Crippen LogP contribution in [-0.4, -0.2) is 68.0 Å². The molecule has 2 atom stereocenters. The van der Waals surface area contributed by atoms with Gasteiger partial charge in [0.2, 0.25) is 5.91 Å². The van der Waals surface area contributed by atoms with E-state index < -0.39 is 6.10 Å². The molecule has 1 aliphatic heterocycles. The third-order valence-corrected chi connectivity index (χ3v) is 2.65. The molecule has 23 heavy (non-hydrogen) atoms. The highest BCUT2D eigenvalue weighted by Gasteiger charge is 2.22. The van der Waals surface area contributed by atoms with E-state index in [0.29, 0.717) is 6.61 Å². The largest absolute Gasteiger partial charge is 0.394 e. The molecule has 2 unspecified atom stereocenters. The number of amides is 1. The molecule has 0 saturated carbocycles. The maximum absolute atomic E-state index is 9.22. The minimum absolute atomic E-state index is 0.0683. The quantitative estimate of drug-likeness (QED) is 0.566. The second-order valence-corrected chi connectivity index (χ2v) is 5.14. The van der Waals surface area contributed by atoms with Gasteiger partial charge < -0.3 is 30.2 Å². The summed E-state index contributed by atoms with van der Waals surface area (Å²) in [5, 5.41) is 17.7. The van der Waals surface area contributed by atoms with E-state index in [1.807, 2.05) is 0 Å². The topological polar surface area (TPSA) is 111 Å². The highest BCUT2D eigenvalue weighted by molar-refractivity contribution is 5.70. The maximum atomic E-state index is 9.22.